The predicted octanol–water partition coefficient (Wildman–Crippen LogP) is 3.00. The monoisotopic (exact) mass is 370 g/mol. The van der Waals surface area contributed by atoms with Crippen LogP contribution in [-0.4, -0.2) is 39.0 Å². The van der Waals surface area contributed by atoms with E-state index in [-0.39, 0.29) is 0 Å². The average molecular weight is 370 g/mol. The Morgan fingerprint density at radius 1 is 1.19 bits per heavy atom. The number of nitrogens with one attached hydrogen (secondary N) is 1. The molecule has 1 unspecified atom stereocenters. The predicted molar refractivity (Wildman–Crippen MR) is 100 cm³/mol. The first-order valence-corrected chi connectivity index (χ1v) is 8.45. The molecule has 27 heavy (non-hydrogen) atoms. The zero-order chi connectivity index (χ0) is 19.6. The van der Waals surface area contributed by atoms with E-state index in [1.807, 2.05) is 0 Å². The summed E-state index contributed by atoms with van der Waals surface area (Å²) in [6, 6.07) is 12.4. The highest BCUT2D eigenvalue weighted by Crippen LogP contribution is 2.28. The van der Waals surface area contributed by atoms with Crippen molar-refractivity contribution in [1.82, 2.24) is 15.1 Å². The summed E-state index contributed by atoms with van der Waals surface area (Å²) < 4.78 is 10.4. The first-order chi connectivity index (χ1) is 12.8. The number of fused-ring (bicyclic) bond motifs is 1. The van der Waals surface area contributed by atoms with Crippen molar-refractivity contribution >= 4 is 17.1 Å². The van der Waals surface area contributed by atoms with Crippen LogP contribution >= 0.6 is 0 Å². The third kappa shape index (κ3) is 4.17. The van der Waals surface area contributed by atoms with Crippen molar-refractivity contribution in [3.8, 4) is 5.75 Å². The van der Waals surface area contributed by atoms with Crippen LogP contribution < -0.4 is 10.2 Å². The Hall–Kier alpha value is -3.13. The lowest BCUT2D eigenvalue weighted by molar-refractivity contribution is 0.0610. The molecule has 0 aliphatic rings. The summed E-state index contributed by atoms with van der Waals surface area (Å²) in [7, 11) is 1.58. The number of rotatable bonds is 4. The van der Waals surface area contributed by atoms with Gasteiger partial charge in [0.2, 0.25) is 0 Å². The normalized spacial score (nSPS) is 12.6. The molecular formula is C19H22N4O4. The zero-order valence-electron chi connectivity index (χ0n) is 15.6. The van der Waals surface area contributed by atoms with Crippen LogP contribution in [0.3, 0.4) is 0 Å². The molecule has 1 aromatic heterocycles. The van der Waals surface area contributed by atoms with E-state index < -0.39 is 17.8 Å². The Kier molecular flexibility index (Phi) is 5.00. The Morgan fingerprint density at radius 2 is 1.89 bits per heavy atom. The molecule has 8 heteroatoms. The van der Waals surface area contributed by atoms with Gasteiger partial charge in [0.15, 0.2) is 0 Å². The Labute approximate surface area is 156 Å². The van der Waals surface area contributed by atoms with E-state index in [9.17, 15) is 9.90 Å². The molecule has 0 bridgehead atoms. The molecule has 0 saturated carbocycles. The number of aliphatic hydroxyl groups is 1. The summed E-state index contributed by atoms with van der Waals surface area (Å²) in [5.74, 6) is 0.697. The molecule has 1 atom stereocenters. The summed E-state index contributed by atoms with van der Waals surface area (Å²) in [6.07, 6.45) is -1.60. The largest absolute Gasteiger partial charge is 0.497 e. The van der Waals surface area contributed by atoms with Crippen molar-refractivity contribution in [2.24, 2.45) is 0 Å². The van der Waals surface area contributed by atoms with Gasteiger partial charge in [-0.1, -0.05) is 24.3 Å². The molecule has 2 aromatic carbocycles. The van der Waals surface area contributed by atoms with Gasteiger partial charge in [-0.25, -0.2) is 10.2 Å². The van der Waals surface area contributed by atoms with Crippen molar-refractivity contribution in [1.29, 1.82) is 0 Å². The Balaban J connectivity index is 1.95. The first kappa shape index (κ1) is 18.7. The number of methoxy groups -OCH3 is 1. The minimum atomic E-state index is -0.933. The van der Waals surface area contributed by atoms with Gasteiger partial charge in [0, 0.05) is 5.56 Å². The summed E-state index contributed by atoms with van der Waals surface area (Å²) >= 11 is 0. The van der Waals surface area contributed by atoms with Gasteiger partial charge < -0.3 is 14.6 Å². The fourth-order valence-corrected chi connectivity index (χ4v) is 2.65. The number of amides is 1. The highest BCUT2D eigenvalue weighted by molar-refractivity contribution is 5.83. The van der Waals surface area contributed by atoms with Crippen LogP contribution in [0.2, 0.25) is 0 Å². The van der Waals surface area contributed by atoms with E-state index in [4.69, 9.17) is 9.47 Å². The van der Waals surface area contributed by atoms with Gasteiger partial charge in [0.1, 0.15) is 28.5 Å². The van der Waals surface area contributed by atoms with Crippen molar-refractivity contribution in [3.63, 3.8) is 0 Å². The molecule has 1 heterocycles. The van der Waals surface area contributed by atoms with Crippen LogP contribution in [0.4, 0.5) is 4.79 Å². The summed E-state index contributed by atoms with van der Waals surface area (Å²) in [6.45, 7) is 5.31. The summed E-state index contributed by atoms with van der Waals surface area (Å²) in [5.41, 5.74) is 4.15. The highest BCUT2D eigenvalue weighted by Gasteiger charge is 2.21. The number of hydrogen-bond acceptors (Lipinski definition) is 6. The van der Waals surface area contributed by atoms with Crippen LogP contribution in [0, 0.1) is 0 Å². The zero-order valence-corrected chi connectivity index (χ0v) is 15.6. The molecule has 0 spiro atoms. The van der Waals surface area contributed by atoms with Gasteiger partial charge >= 0.3 is 6.09 Å². The fraction of sp³-hybridized carbons (Fsp3) is 0.316. The lowest BCUT2D eigenvalue weighted by Gasteiger charge is -2.20. The number of aliphatic hydroxyl groups excluding tert-OH is 1. The van der Waals surface area contributed by atoms with E-state index >= 15 is 0 Å². The maximum atomic E-state index is 12.1. The standard InChI is InChI=1S/C19H22N4O4/c1-19(2,3)27-18(25)21-23-16-14(6-5-7-15(16)20-22-23)17(24)12-8-10-13(26-4)11-9-12/h5-11,17,24H,1-4H3,(H,21,25). The van der Waals surface area contributed by atoms with Gasteiger partial charge in [0.05, 0.1) is 7.11 Å². The molecule has 142 valence electrons. The molecule has 0 aliphatic carbocycles. The molecule has 2 N–H and O–H groups in total. The minimum Gasteiger partial charge on any atom is -0.497 e. The molecule has 3 rings (SSSR count). The van der Waals surface area contributed by atoms with Gasteiger partial charge in [0.25, 0.3) is 0 Å². The van der Waals surface area contributed by atoms with E-state index in [0.29, 0.717) is 27.9 Å². The molecule has 0 radical (unpaired) electrons. The van der Waals surface area contributed by atoms with Crippen LogP contribution in [0.15, 0.2) is 42.5 Å². The number of para-hydroxylation sites is 1. The quantitative estimate of drug-likeness (QED) is 0.733. The first-order valence-electron chi connectivity index (χ1n) is 8.45. The van der Waals surface area contributed by atoms with Crippen LogP contribution in [0.1, 0.15) is 38.0 Å². The molecule has 0 aliphatic heterocycles. The second kappa shape index (κ2) is 7.24. The van der Waals surface area contributed by atoms with E-state index in [0.717, 1.165) is 0 Å². The number of hydrogen-bond donors (Lipinski definition) is 2. The van der Waals surface area contributed by atoms with E-state index in [2.05, 4.69) is 15.7 Å². The fourth-order valence-electron chi connectivity index (χ4n) is 2.65. The maximum Gasteiger partial charge on any atom is 0.428 e. The molecule has 8 nitrogen and oxygen atoms in total. The SMILES string of the molecule is COc1ccc(C(O)c2cccc3nnn(NC(=O)OC(C)(C)C)c23)cc1. The van der Waals surface area contributed by atoms with Crippen LogP contribution in [0.25, 0.3) is 11.0 Å². The van der Waals surface area contributed by atoms with Crippen LogP contribution in [0.5, 0.6) is 5.75 Å². The number of ether oxygens (including phenoxy) is 2. The van der Waals surface area contributed by atoms with Crippen molar-refractivity contribution in [2.45, 2.75) is 32.5 Å². The second-order valence-corrected chi connectivity index (χ2v) is 7.01. The topological polar surface area (TPSA) is 98.5 Å². The number of carbonyl (C=O) groups is 1. The summed E-state index contributed by atoms with van der Waals surface area (Å²) in [5, 5.41) is 18.9. The molecule has 3 aromatic rings. The smallest absolute Gasteiger partial charge is 0.428 e. The maximum absolute atomic E-state index is 12.1. The van der Waals surface area contributed by atoms with Crippen molar-refractivity contribution < 1.29 is 19.4 Å². The second-order valence-electron chi connectivity index (χ2n) is 7.01. The van der Waals surface area contributed by atoms with E-state index in [1.54, 1.807) is 70.3 Å². The minimum absolute atomic E-state index is 0.492. The van der Waals surface area contributed by atoms with Crippen molar-refractivity contribution in [2.75, 3.05) is 12.5 Å². The molecular weight excluding hydrogens is 348 g/mol. The molecule has 0 fully saturated rings. The van der Waals surface area contributed by atoms with Gasteiger partial charge in [-0.15, -0.1) is 9.89 Å². The highest BCUT2D eigenvalue weighted by atomic mass is 16.6. The average Bonchev–Trinajstić information content (AvgIpc) is 3.02. The summed E-state index contributed by atoms with van der Waals surface area (Å²) in [4.78, 5) is 13.3. The lowest BCUT2D eigenvalue weighted by Crippen LogP contribution is -2.32. The number of carbonyl (C=O) groups excluding carboxylic acids is 1. The van der Waals surface area contributed by atoms with Gasteiger partial charge in [-0.3, -0.25) is 0 Å². The van der Waals surface area contributed by atoms with Crippen LogP contribution in [-0.2, 0) is 4.74 Å². The Morgan fingerprint density at radius 3 is 2.52 bits per heavy atom. The number of nitrogens with zero attached hydrogens (tertiary/aromatic N) is 3. The lowest BCUT2D eigenvalue weighted by atomic mass is 10.0. The third-order valence-corrected chi connectivity index (χ3v) is 3.82. The molecule has 1 amide bonds. The van der Waals surface area contributed by atoms with E-state index in [1.165, 1.54) is 4.79 Å². The molecule has 0 saturated heterocycles. The third-order valence-electron chi connectivity index (χ3n) is 3.82. The van der Waals surface area contributed by atoms with Gasteiger partial charge in [-0.2, -0.15) is 0 Å². The number of aromatic nitrogens is 3. The van der Waals surface area contributed by atoms with Gasteiger partial charge in [-0.05, 0) is 49.7 Å². The number of benzene rings is 2. The van der Waals surface area contributed by atoms with Crippen molar-refractivity contribution in [3.05, 3.63) is 53.6 Å². The Bertz CT molecular complexity index is 944.